The lowest BCUT2D eigenvalue weighted by atomic mass is 10.2. The summed E-state index contributed by atoms with van der Waals surface area (Å²) in [7, 11) is -3.63. The van der Waals surface area contributed by atoms with E-state index in [1.54, 1.807) is 19.1 Å². The third-order valence-electron chi connectivity index (χ3n) is 1.93. The number of rotatable bonds is 4. The Bertz CT molecular complexity index is 508. The van der Waals surface area contributed by atoms with Gasteiger partial charge in [-0.3, -0.25) is 0 Å². The van der Waals surface area contributed by atoms with Crippen LogP contribution in [0.15, 0.2) is 29.2 Å². The minimum atomic E-state index is -3.63. The molecule has 0 aliphatic carbocycles. The molecule has 4 nitrogen and oxygen atoms in total. The summed E-state index contributed by atoms with van der Waals surface area (Å²) in [5, 5.41) is 8.71. The van der Waals surface area contributed by atoms with Crippen molar-refractivity contribution in [1.82, 2.24) is 4.72 Å². The summed E-state index contributed by atoms with van der Waals surface area (Å²) in [4.78, 5) is 0.0295. The van der Waals surface area contributed by atoms with E-state index in [9.17, 15) is 8.42 Å². The maximum atomic E-state index is 11.8. The molecule has 0 amide bonds. The topological polar surface area (TPSA) is 70.0 Å². The lowest BCUT2D eigenvalue weighted by Crippen LogP contribution is -2.28. The van der Waals surface area contributed by atoms with Crippen molar-refractivity contribution in [2.24, 2.45) is 5.92 Å². The van der Waals surface area contributed by atoms with Crippen LogP contribution in [0.3, 0.4) is 0 Å². The van der Waals surface area contributed by atoms with Crippen LogP contribution in [0.1, 0.15) is 6.92 Å². The molecule has 0 radical (unpaired) electrons. The van der Waals surface area contributed by atoms with Gasteiger partial charge in [0.15, 0.2) is 0 Å². The first-order valence-electron chi connectivity index (χ1n) is 4.61. The van der Waals surface area contributed by atoms with Gasteiger partial charge in [-0.25, -0.2) is 13.1 Å². The van der Waals surface area contributed by atoms with Gasteiger partial charge in [-0.05, 0) is 19.1 Å². The van der Waals surface area contributed by atoms with Crippen LogP contribution in [0, 0.1) is 17.2 Å². The summed E-state index contributed by atoms with van der Waals surface area (Å²) in [5.41, 5.74) is 0. The molecule has 0 saturated carbocycles. The van der Waals surface area contributed by atoms with Crippen molar-refractivity contribution in [3.63, 3.8) is 0 Å². The molecule has 16 heavy (non-hydrogen) atoms. The Morgan fingerprint density at radius 3 is 2.69 bits per heavy atom. The molecule has 0 spiro atoms. The van der Waals surface area contributed by atoms with E-state index in [0.717, 1.165) is 0 Å². The van der Waals surface area contributed by atoms with Crippen LogP contribution in [-0.4, -0.2) is 15.0 Å². The molecule has 1 aromatic rings. The third-order valence-corrected chi connectivity index (χ3v) is 3.85. The summed E-state index contributed by atoms with van der Waals surface area (Å²) in [5.74, 6) is -0.378. The van der Waals surface area contributed by atoms with E-state index in [1.807, 2.05) is 6.07 Å². The third kappa shape index (κ3) is 3.20. The number of hydrogen-bond donors (Lipinski definition) is 1. The SMILES string of the molecule is CC(C#N)CNS(=O)(=O)c1ccccc1Cl. The normalized spacial score (nSPS) is 13.1. The highest BCUT2D eigenvalue weighted by Crippen LogP contribution is 2.20. The van der Waals surface area contributed by atoms with Gasteiger partial charge in [0, 0.05) is 6.54 Å². The van der Waals surface area contributed by atoms with Crippen molar-refractivity contribution in [1.29, 1.82) is 5.26 Å². The van der Waals surface area contributed by atoms with Crippen LogP contribution < -0.4 is 4.72 Å². The second kappa shape index (κ2) is 5.30. The molecule has 0 aliphatic heterocycles. The predicted molar refractivity (Wildman–Crippen MR) is 61.4 cm³/mol. The quantitative estimate of drug-likeness (QED) is 0.895. The fourth-order valence-corrected chi connectivity index (χ4v) is 2.67. The summed E-state index contributed by atoms with van der Waals surface area (Å²) < 4.78 is 25.9. The summed E-state index contributed by atoms with van der Waals surface area (Å²) in [6, 6.07) is 8.11. The highest BCUT2D eigenvalue weighted by Gasteiger charge is 2.17. The maximum absolute atomic E-state index is 11.8. The number of halogens is 1. The van der Waals surface area contributed by atoms with Crippen LogP contribution in [0.25, 0.3) is 0 Å². The zero-order valence-corrected chi connectivity index (χ0v) is 10.2. The van der Waals surface area contributed by atoms with E-state index in [0.29, 0.717) is 0 Å². The molecule has 0 bridgehead atoms. The molecule has 0 aliphatic rings. The molecule has 1 atom stereocenters. The van der Waals surface area contributed by atoms with E-state index < -0.39 is 10.0 Å². The van der Waals surface area contributed by atoms with Crippen molar-refractivity contribution in [2.45, 2.75) is 11.8 Å². The molecule has 86 valence electrons. The van der Waals surface area contributed by atoms with Gasteiger partial charge in [0.25, 0.3) is 0 Å². The van der Waals surface area contributed by atoms with Crippen LogP contribution >= 0.6 is 11.6 Å². The molecule has 1 aromatic carbocycles. The summed E-state index contributed by atoms with van der Waals surface area (Å²) in [6.45, 7) is 1.71. The van der Waals surface area contributed by atoms with Gasteiger partial charge in [0.05, 0.1) is 17.0 Å². The van der Waals surface area contributed by atoms with E-state index in [4.69, 9.17) is 16.9 Å². The number of benzene rings is 1. The number of sulfonamides is 1. The lowest BCUT2D eigenvalue weighted by molar-refractivity contribution is 0.573. The number of nitrogens with one attached hydrogen (secondary N) is 1. The highest BCUT2D eigenvalue weighted by atomic mass is 35.5. The molecular formula is C10H11ClN2O2S. The smallest absolute Gasteiger partial charge is 0.210 e. The van der Waals surface area contributed by atoms with E-state index in [-0.39, 0.29) is 22.4 Å². The number of hydrogen-bond acceptors (Lipinski definition) is 3. The Labute approximate surface area is 99.9 Å². The minimum Gasteiger partial charge on any atom is -0.210 e. The van der Waals surface area contributed by atoms with Crippen LogP contribution in [0.4, 0.5) is 0 Å². The second-order valence-electron chi connectivity index (χ2n) is 3.31. The molecule has 0 heterocycles. The van der Waals surface area contributed by atoms with Gasteiger partial charge in [-0.15, -0.1) is 0 Å². The molecular weight excluding hydrogens is 248 g/mol. The molecule has 1 N–H and O–H groups in total. The van der Waals surface area contributed by atoms with Crippen molar-refractivity contribution in [3.8, 4) is 6.07 Å². The van der Waals surface area contributed by atoms with Gasteiger partial charge in [-0.1, -0.05) is 23.7 Å². The first-order chi connectivity index (χ1) is 7.47. The van der Waals surface area contributed by atoms with E-state index >= 15 is 0 Å². The first kappa shape index (κ1) is 13.0. The highest BCUT2D eigenvalue weighted by molar-refractivity contribution is 7.89. The molecule has 1 unspecified atom stereocenters. The van der Waals surface area contributed by atoms with Gasteiger partial charge in [0.2, 0.25) is 10.0 Å². The first-order valence-corrected chi connectivity index (χ1v) is 6.47. The Morgan fingerprint density at radius 2 is 2.12 bits per heavy atom. The monoisotopic (exact) mass is 258 g/mol. The molecule has 0 aromatic heterocycles. The maximum Gasteiger partial charge on any atom is 0.242 e. The average Bonchev–Trinajstić information content (AvgIpc) is 2.26. The van der Waals surface area contributed by atoms with Crippen LogP contribution in [0.5, 0.6) is 0 Å². The minimum absolute atomic E-state index is 0.0295. The molecule has 0 saturated heterocycles. The standard InChI is InChI=1S/C10H11ClN2O2S/c1-8(6-12)7-13-16(14,15)10-5-3-2-4-9(10)11/h2-5,8,13H,7H2,1H3. The van der Waals surface area contributed by atoms with Gasteiger partial charge >= 0.3 is 0 Å². The van der Waals surface area contributed by atoms with Crippen molar-refractivity contribution in [2.75, 3.05) is 6.54 Å². The predicted octanol–water partition coefficient (Wildman–Crippen LogP) is 1.78. The van der Waals surface area contributed by atoms with Crippen molar-refractivity contribution < 1.29 is 8.42 Å². The van der Waals surface area contributed by atoms with E-state index in [1.165, 1.54) is 12.1 Å². The van der Waals surface area contributed by atoms with Crippen LogP contribution in [-0.2, 0) is 10.0 Å². The van der Waals surface area contributed by atoms with E-state index in [2.05, 4.69) is 4.72 Å². The lowest BCUT2D eigenvalue weighted by Gasteiger charge is -2.08. The summed E-state index contributed by atoms with van der Waals surface area (Å²) >= 11 is 5.77. The number of nitrogens with zero attached hydrogens (tertiary/aromatic N) is 1. The Kier molecular flexibility index (Phi) is 4.30. The zero-order valence-electron chi connectivity index (χ0n) is 8.64. The van der Waals surface area contributed by atoms with Gasteiger partial charge < -0.3 is 0 Å². The van der Waals surface area contributed by atoms with Gasteiger partial charge in [-0.2, -0.15) is 5.26 Å². The summed E-state index contributed by atoms with van der Waals surface area (Å²) in [6.07, 6.45) is 0. The Hall–Kier alpha value is -1.09. The average molecular weight is 259 g/mol. The van der Waals surface area contributed by atoms with Gasteiger partial charge in [0.1, 0.15) is 4.90 Å². The fourth-order valence-electron chi connectivity index (χ4n) is 1.02. The van der Waals surface area contributed by atoms with Crippen molar-refractivity contribution in [3.05, 3.63) is 29.3 Å². The Morgan fingerprint density at radius 1 is 1.50 bits per heavy atom. The molecule has 1 rings (SSSR count). The molecule has 0 fully saturated rings. The fraction of sp³-hybridized carbons (Fsp3) is 0.300. The van der Waals surface area contributed by atoms with Crippen molar-refractivity contribution >= 4 is 21.6 Å². The Balaban J connectivity index is 2.88. The largest absolute Gasteiger partial charge is 0.242 e. The van der Waals surface area contributed by atoms with Crippen LogP contribution in [0.2, 0.25) is 5.02 Å². The zero-order chi connectivity index (χ0) is 12.2. The number of nitriles is 1. The molecule has 6 heteroatoms. The second-order valence-corrected chi connectivity index (χ2v) is 5.46.